The van der Waals surface area contributed by atoms with Gasteiger partial charge in [-0.05, 0) is 45.6 Å². The van der Waals surface area contributed by atoms with Crippen molar-refractivity contribution in [2.45, 2.75) is 44.8 Å². The number of thioether (sulfide) groups is 1. The molecule has 0 bridgehead atoms. The number of fused-ring (bicyclic) bond motifs is 1. The number of rotatable bonds is 2. The van der Waals surface area contributed by atoms with Gasteiger partial charge in [0.1, 0.15) is 5.60 Å². The molecule has 9 heteroatoms. The van der Waals surface area contributed by atoms with Gasteiger partial charge in [-0.3, -0.25) is 10.3 Å². The van der Waals surface area contributed by atoms with Gasteiger partial charge < -0.3 is 4.74 Å². The third-order valence-corrected chi connectivity index (χ3v) is 5.56. The van der Waals surface area contributed by atoms with Crippen LogP contribution in [0.2, 0.25) is 5.02 Å². The van der Waals surface area contributed by atoms with Crippen LogP contribution in [0, 0.1) is 10.8 Å². The molecule has 0 saturated heterocycles. The Hall–Kier alpha value is -1.80. The van der Waals surface area contributed by atoms with Crippen LogP contribution in [0.1, 0.15) is 39.2 Å². The number of ether oxygens (including phenoxy) is 1. The summed E-state index contributed by atoms with van der Waals surface area (Å²) in [6.45, 7) is 5.38. The molecular weight excluding hydrogens is 378 g/mol. The Morgan fingerprint density at radius 2 is 2.23 bits per heavy atom. The number of carbonyl (C=O) groups excluding carboxylic acids is 1. The largest absolute Gasteiger partial charge is 0.444 e. The third kappa shape index (κ3) is 3.96. The number of hydrogen-bond acceptors (Lipinski definition) is 5. The number of alkyl carbamates (subject to hydrolysis) is 1. The van der Waals surface area contributed by atoms with Gasteiger partial charge in [-0.1, -0.05) is 23.4 Å². The molecule has 0 spiro atoms. The fourth-order valence-electron chi connectivity index (χ4n) is 3.11. The minimum atomic E-state index is -0.601. The summed E-state index contributed by atoms with van der Waals surface area (Å²) < 4.78 is 5.29. The molecule has 1 aliphatic heterocycles. The maximum Gasteiger partial charge on any atom is 0.413 e. The molecule has 7 nitrogen and oxygen atoms in total. The van der Waals surface area contributed by atoms with Crippen LogP contribution in [0.3, 0.4) is 0 Å². The zero-order valence-corrected chi connectivity index (χ0v) is 16.4. The molecule has 0 aromatic heterocycles. The lowest BCUT2D eigenvalue weighted by atomic mass is 10.0. The molecule has 2 atom stereocenters. The van der Waals surface area contributed by atoms with Crippen LogP contribution in [-0.4, -0.2) is 32.7 Å². The number of nitrogens with one attached hydrogen (secondary N) is 1. The second-order valence-corrected chi connectivity index (χ2v) is 8.93. The predicted molar refractivity (Wildman–Crippen MR) is 100 cm³/mol. The molecule has 2 N–H and O–H groups in total. The summed E-state index contributed by atoms with van der Waals surface area (Å²) in [4.78, 5) is 27.9. The first-order valence-electron chi connectivity index (χ1n) is 8.29. The van der Waals surface area contributed by atoms with E-state index in [0.717, 1.165) is 18.6 Å². The van der Waals surface area contributed by atoms with Crippen molar-refractivity contribution < 1.29 is 19.7 Å². The average molecular weight is 399 g/mol. The van der Waals surface area contributed by atoms with E-state index < -0.39 is 17.2 Å². The number of carbonyl (C=O) groups is 1. The lowest BCUT2D eigenvalue weighted by Crippen LogP contribution is -2.35. The Balaban J connectivity index is 1.90. The summed E-state index contributed by atoms with van der Waals surface area (Å²) in [5.74, 6) is 1.09. The maximum atomic E-state index is 12.1. The second kappa shape index (κ2) is 6.74. The third-order valence-electron chi connectivity index (χ3n) is 4.32. The fraction of sp³-hybridized carbons (Fsp3) is 0.529. The Kier molecular flexibility index (Phi) is 4.92. The van der Waals surface area contributed by atoms with Crippen molar-refractivity contribution in [2.24, 2.45) is 10.9 Å². The molecule has 1 heterocycles. The van der Waals surface area contributed by atoms with Gasteiger partial charge in [0.05, 0.1) is 10.4 Å². The van der Waals surface area contributed by atoms with Crippen molar-refractivity contribution in [3.05, 3.63) is 33.7 Å². The lowest BCUT2D eigenvalue weighted by Gasteiger charge is -2.20. The van der Waals surface area contributed by atoms with Gasteiger partial charge in [0, 0.05) is 28.5 Å². The summed E-state index contributed by atoms with van der Waals surface area (Å²) >= 11 is 7.81. The van der Waals surface area contributed by atoms with Gasteiger partial charge in [0.2, 0.25) is 0 Å². The Morgan fingerprint density at radius 3 is 2.88 bits per heavy atom. The van der Waals surface area contributed by atoms with Crippen LogP contribution in [0.4, 0.5) is 10.5 Å². The SMILES string of the molecule is CC(C)(C)OC(=O)NC1=N[C@@]2(c3cc([N+](=O)O)ccc3Cl)C[C@H]2CCS1. The Morgan fingerprint density at radius 1 is 1.50 bits per heavy atom. The van der Waals surface area contributed by atoms with Gasteiger partial charge in [-0.2, -0.15) is 0 Å². The van der Waals surface area contributed by atoms with Gasteiger partial charge >= 0.3 is 11.8 Å². The van der Waals surface area contributed by atoms with Gasteiger partial charge in [-0.15, -0.1) is 0 Å². The van der Waals surface area contributed by atoms with Gasteiger partial charge in [0.25, 0.3) is 4.92 Å². The number of benzene rings is 1. The molecular formula is C17H21ClN3O4S+. The molecule has 140 valence electrons. The molecule has 1 aliphatic carbocycles. The summed E-state index contributed by atoms with van der Waals surface area (Å²) in [5, 5.41) is 12.9. The van der Waals surface area contributed by atoms with Crippen molar-refractivity contribution in [3.8, 4) is 0 Å². The highest BCUT2D eigenvalue weighted by molar-refractivity contribution is 8.13. The van der Waals surface area contributed by atoms with E-state index in [-0.39, 0.29) is 16.5 Å². The minimum absolute atomic E-state index is 0.0955. The summed E-state index contributed by atoms with van der Waals surface area (Å²) in [6.07, 6.45) is 1.13. The smallest absolute Gasteiger partial charge is 0.413 e. The van der Waals surface area contributed by atoms with Crippen LogP contribution in [0.25, 0.3) is 0 Å². The molecule has 2 aliphatic rings. The van der Waals surface area contributed by atoms with Crippen LogP contribution in [0.15, 0.2) is 23.2 Å². The highest BCUT2D eigenvalue weighted by Crippen LogP contribution is 2.60. The number of nitrogens with zero attached hydrogens (tertiary/aromatic N) is 2. The first kappa shape index (κ1) is 19.0. The molecule has 1 amide bonds. The van der Waals surface area contributed by atoms with E-state index in [1.807, 2.05) is 0 Å². The number of hydrogen-bond donors (Lipinski definition) is 2. The standard InChI is InChI=1S/C17H20ClN3O4S/c1-16(2,3)25-15(22)19-14-20-17(9-10(17)6-7-26-14)12-8-11(21(23)24)4-5-13(12)18/h4-5,8,10H,6-7,9H2,1-3H3,(H-,19,20,22,23,24)/p+1/t10-,17+/m1/s1. The number of amides is 1. The lowest BCUT2D eigenvalue weighted by molar-refractivity contribution is -0.729. The number of halogens is 1. The zero-order valence-electron chi connectivity index (χ0n) is 14.8. The predicted octanol–water partition coefficient (Wildman–Crippen LogP) is 4.37. The molecule has 1 aromatic rings. The zero-order chi connectivity index (χ0) is 19.1. The van der Waals surface area contributed by atoms with Crippen LogP contribution in [0.5, 0.6) is 0 Å². The van der Waals surface area contributed by atoms with E-state index >= 15 is 0 Å². The maximum absolute atomic E-state index is 12.1. The molecule has 1 saturated carbocycles. The average Bonchev–Trinajstić information content (AvgIpc) is 3.19. The van der Waals surface area contributed by atoms with Crippen molar-refractivity contribution in [3.63, 3.8) is 0 Å². The minimum Gasteiger partial charge on any atom is -0.444 e. The van der Waals surface area contributed by atoms with E-state index in [0.29, 0.717) is 15.8 Å². The number of aliphatic imine (C=N–C) groups is 1. The number of amidine groups is 1. The van der Waals surface area contributed by atoms with Crippen LogP contribution >= 0.6 is 23.4 Å². The first-order valence-corrected chi connectivity index (χ1v) is 9.66. The van der Waals surface area contributed by atoms with Gasteiger partial charge in [-0.25, -0.2) is 10.0 Å². The van der Waals surface area contributed by atoms with E-state index in [4.69, 9.17) is 21.3 Å². The van der Waals surface area contributed by atoms with Crippen molar-refractivity contribution in [2.75, 3.05) is 5.75 Å². The van der Waals surface area contributed by atoms with Crippen molar-refractivity contribution >= 4 is 40.3 Å². The molecule has 26 heavy (non-hydrogen) atoms. The normalized spacial score (nSPS) is 24.8. The molecule has 1 fully saturated rings. The fourth-order valence-corrected chi connectivity index (χ4v) is 4.37. The Labute approximate surface area is 160 Å². The summed E-state index contributed by atoms with van der Waals surface area (Å²) in [5.41, 5.74) is -0.409. The topological polar surface area (TPSA) is 91.0 Å². The highest BCUT2D eigenvalue weighted by atomic mass is 35.5. The highest BCUT2D eigenvalue weighted by Gasteiger charge is 2.57. The molecule has 1 aromatic carbocycles. The van der Waals surface area contributed by atoms with E-state index in [2.05, 4.69) is 5.32 Å². The van der Waals surface area contributed by atoms with Gasteiger partial charge in [0.15, 0.2) is 5.17 Å². The van der Waals surface area contributed by atoms with Crippen molar-refractivity contribution in [1.29, 1.82) is 0 Å². The quantitative estimate of drug-likeness (QED) is 0.721. The second-order valence-electron chi connectivity index (χ2n) is 7.44. The van der Waals surface area contributed by atoms with Crippen LogP contribution in [-0.2, 0) is 10.3 Å². The Bertz CT molecular complexity index is 793. The van der Waals surface area contributed by atoms with E-state index in [9.17, 15) is 14.9 Å². The first-order chi connectivity index (χ1) is 12.1. The molecule has 0 radical (unpaired) electrons. The molecule has 3 rings (SSSR count). The van der Waals surface area contributed by atoms with Crippen molar-refractivity contribution in [1.82, 2.24) is 5.32 Å². The van der Waals surface area contributed by atoms with E-state index in [1.54, 1.807) is 32.9 Å². The molecule has 0 unspecified atom stereocenters. The van der Waals surface area contributed by atoms with Crippen LogP contribution < -0.4 is 5.32 Å². The summed E-state index contributed by atoms with van der Waals surface area (Å²) in [6, 6.07) is 4.58. The van der Waals surface area contributed by atoms with E-state index in [1.165, 1.54) is 17.8 Å². The monoisotopic (exact) mass is 398 g/mol. The summed E-state index contributed by atoms with van der Waals surface area (Å²) in [7, 11) is 0.